The fourth-order valence-electron chi connectivity index (χ4n) is 8.32. The number of rotatable bonds is 49. The van der Waals surface area contributed by atoms with Crippen molar-refractivity contribution in [3.05, 3.63) is 36.5 Å². The van der Waals surface area contributed by atoms with Gasteiger partial charge in [0, 0.05) is 6.42 Å². The Hall–Kier alpha value is -1.92. The Labute approximate surface area is 385 Å². The van der Waals surface area contributed by atoms with E-state index in [1.54, 1.807) is 0 Å². The molecule has 0 fully saturated rings. The molecular formula is C56H105NO5. The summed E-state index contributed by atoms with van der Waals surface area (Å²) in [5.41, 5.74) is 0. The summed E-state index contributed by atoms with van der Waals surface area (Å²) in [5.74, 6) is -0.475. The van der Waals surface area contributed by atoms with E-state index in [1.165, 1.54) is 173 Å². The summed E-state index contributed by atoms with van der Waals surface area (Å²) in [6, 6.07) is -0.700. The van der Waals surface area contributed by atoms with E-state index in [1.807, 2.05) is 0 Å². The Kier molecular flexibility index (Phi) is 48.5. The summed E-state index contributed by atoms with van der Waals surface area (Å²) in [4.78, 5) is 26.2. The van der Waals surface area contributed by atoms with E-state index in [-0.39, 0.29) is 24.9 Å². The summed E-state index contributed by atoms with van der Waals surface area (Å²) in [6.07, 6.45) is 59.2. The first-order valence-electron chi connectivity index (χ1n) is 27.2. The lowest BCUT2D eigenvalue weighted by atomic mass is 10.0. The zero-order valence-electron chi connectivity index (χ0n) is 41.5. The normalized spacial score (nSPS) is 13.4. The van der Waals surface area contributed by atoms with E-state index in [2.05, 4.69) is 62.5 Å². The number of amides is 1. The van der Waals surface area contributed by atoms with E-state index in [0.717, 1.165) is 64.2 Å². The number of carbonyl (C=O) groups excluding carboxylic acids is 2. The molecule has 0 heterocycles. The molecule has 0 aromatic carbocycles. The van der Waals surface area contributed by atoms with Crippen molar-refractivity contribution >= 4 is 11.9 Å². The van der Waals surface area contributed by atoms with Crippen LogP contribution in [0.3, 0.4) is 0 Å². The van der Waals surface area contributed by atoms with Gasteiger partial charge in [-0.25, -0.2) is 0 Å². The quantitative estimate of drug-likeness (QED) is 0.0321. The fraction of sp³-hybridized carbons (Fsp3) is 0.857. The Morgan fingerprint density at radius 1 is 0.468 bits per heavy atom. The van der Waals surface area contributed by atoms with Crippen molar-refractivity contribution in [1.29, 1.82) is 0 Å². The maximum Gasteiger partial charge on any atom is 0.306 e. The SMILES string of the molecule is CCCCC/C=C\C/C=C\C/C=C\CCCCCCCCC(=O)OC(CCCCCCCCCCCCCCC)CC(=O)NC(CO)C(O)CCCCCCCCCCCCC. The summed E-state index contributed by atoms with van der Waals surface area (Å²) in [7, 11) is 0. The van der Waals surface area contributed by atoms with Crippen molar-refractivity contribution in [2.45, 2.75) is 302 Å². The van der Waals surface area contributed by atoms with Crippen LogP contribution in [0.1, 0.15) is 284 Å². The molecule has 62 heavy (non-hydrogen) atoms. The maximum absolute atomic E-state index is 13.2. The van der Waals surface area contributed by atoms with E-state index in [4.69, 9.17) is 4.74 Å². The van der Waals surface area contributed by atoms with Gasteiger partial charge in [-0.3, -0.25) is 9.59 Å². The van der Waals surface area contributed by atoms with Crippen LogP contribution < -0.4 is 5.32 Å². The van der Waals surface area contributed by atoms with Crippen LogP contribution in [-0.2, 0) is 14.3 Å². The molecular weight excluding hydrogens is 767 g/mol. The van der Waals surface area contributed by atoms with Crippen LogP contribution in [0.4, 0.5) is 0 Å². The third kappa shape index (κ3) is 44.7. The number of carbonyl (C=O) groups is 2. The summed E-state index contributed by atoms with van der Waals surface area (Å²) in [6.45, 7) is 6.47. The molecule has 0 spiro atoms. The van der Waals surface area contributed by atoms with E-state index in [9.17, 15) is 19.8 Å². The molecule has 0 saturated heterocycles. The van der Waals surface area contributed by atoms with Gasteiger partial charge in [0.2, 0.25) is 5.91 Å². The van der Waals surface area contributed by atoms with Crippen molar-refractivity contribution in [1.82, 2.24) is 5.32 Å². The smallest absolute Gasteiger partial charge is 0.306 e. The highest BCUT2D eigenvalue weighted by atomic mass is 16.5. The Morgan fingerprint density at radius 3 is 1.27 bits per heavy atom. The van der Waals surface area contributed by atoms with Gasteiger partial charge in [0.05, 0.1) is 25.2 Å². The standard InChI is InChI=1S/C56H105NO5/c1-4-7-10-13-16-19-22-24-25-26-27-28-29-31-34-37-40-43-46-49-56(61)62-52(47-44-41-38-35-33-30-23-20-17-14-11-8-5-2)50-55(60)57-53(51-58)54(59)48-45-42-39-36-32-21-18-15-12-9-6-3/h16,19,24-25,27-28,52-54,58-59H,4-15,17-18,20-23,26,29-51H2,1-3H3,(H,57,60)/b19-16-,25-24-,28-27-. The zero-order chi connectivity index (χ0) is 45.2. The van der Waals surface area contributed by atoms with Gasteiger partial charge in [-0.2, -0.15) is 0 Å². The number of hydrogen-bond acceptors (Lipinski definition) is 5. The number of nitrogens with one attached hydrogen (secondary N) is 1. The largest absolute Gasteiger partial charge is 0.462 e. The lowest BCUT2D eigenvalue weighted by Gasteiger charge is -2.24. The Balaban J connectivity index is 4.53. The van der Waals surface area contributed by atoms with E-state index < -0.39 is 18.2 Å². The van der Waals surface area contributed by atoms with Crippen molar-refractivity contribution in [3.63, 3.8) is 0 Å². The Morgan fingerprint density at radius 2 is 0.823 bits per heavy atom. The van der Waals surface area contributed by atoms with Gasteiger partial charge in [0.1, 0.15) is 6.10 Å². The Bertz CT molecular complexity index is 1020. The highest BCUT2D eigenvalue weighted by Crippen LogP contribution is 2.18. The first-order chi connectivity index (χ1) is 30.5. The topological polar surface area (TPSA) is 95.9 Å². The number of hydrogen-bond donors (Lipinski definition) is 3. The predicted molar refractivity (Wildman–Crippen MR) is 269 cm³/mol. The van der Waals surface area contributed by atoms with Crippen LogP contribution in [0, 0.1) is 0 Å². The fourth-order valence-corrected chi connectivity index (χ4v) is 8.32. The molecule has 364 valence electrons. The lowest BCUT2D eigenvalue weighted by molar-refractivity contribution is -0.151. The molecule has 3 unspecified atom stereocenters. The molecule has 3 N–H and O–H groups in total. The number of aliphatic hydroxyl groups is 2. The van der Waals surface area contributed by atoms with Crippen LogP contribution in [0.5, 0.6) is 0 Å². The van der Waals surface area contributed by atoms with Gasteiger partial charge < -0.3 is 20.3 Å². The number of esters is 1. The molecule has 0 radical (unpaired) electrons. The first-order valence-corrected chi connectivity index (χ1v) is 27.2. The van der Waals surface area contributed by atoms with Gasteiger partial charge in [0.15, 0.2) is 0 Å². The third-order valence-corrected chi connectivity index (χ3v) is 12.5. The molecule has 6 nitrogen and oxygen atoms in total. The number of ether oxygens (including phenoxy) is 1. The highest BCUT2D eigenvalue weighted by molar-refractivity contribution is 5.77. The second kappa shape index (κ2) is 50.1. The van der Waals surface area contributed by atoms with Crippen LogP contribution >= 0.6 is 0 Å². The molecule has 0 bridgehead atoms. The van der Waals surface area contributed by atoms with Crippen molar-refractivity contribution in [2.75, 3.05) is 6.61 Å². The van der Waals surface area contributed by atoms with Gasteiger partial charge in [-0.15, -0.1) is 0 Å². The monoisotopic (exact) mass is 872 g/mol. The molecule has 0 aliphatic carbocycles. The number of aliphatic hydroxyl groups excluding tert-OH is 2. The number of allylic oxidation sites excluding steroid dienone is 6. The molecule has 0 aromatic heterocycles. The minimum Gasteiger partial charge on any atom is -0.462 e. The minimum absolute atomic E-state index is 0.0763. The molecule has 1 amide bonds. The zero-order valence-corrected chi connectivity index (χ0v) is 41.5. The third-order valence-electron chi connectivity index (χ3n) is 12.5. The van der Waals surface area contributed by atoms with Crippen LogP contribution in [-0.4, -0.2) is 46.9 Å². The van der Waals surface area contributed by atoms with Gasteiger partial charge in [0.25, 0.3) is 0 Å². The van der Waals surface area contributed by atoms with Gasteiger partial charge >= 0.3 is 5.97 Å². The van der Waals surface area contributed by atoms with Crippen molar-refractivity contribution in [2.24, 2.45) is 0 Å². The molecule has 0 rings (SSSR count). The minimum atomic E-state index is -0.786. The van der Waals surface area contributed by atoms with Crippen LogP contribution in [0.15, 0.2) is 36.5 Å². The summed E-state index contributed by atoms with van der Waals surface area (Å²) >= 11 is 0. The van der Waals surface area contributed by atoms with Gasteiger partial charge in [-0.05, 0) is 64.2 Å². The van der Waals surface area contributed by atoms with Crippen molar-refractivity contribution < 1.29 is 24.5 Å². The number of unbranched alkanes of at least 4 members (excludes halogenated alkanes) is 31. The lowest BCUT2D eigenvalue weighted by Crippen LogP contribution is -2.46. The average Bonchev–Trinajstić information content (AvgIpc) is 3.26. The maximum atomic E-state index is 13.2. The van der Waals surface area contributed by atoms with E-state index in [0.29, 0.717) is 19.3 Å². The molecule has 6 heteroatoms. The highest BCUT2D eigenvalue weighted by Gasteiger charge is 2.24. The molecule has 0 aliphatic rings. The first kappa shape index (κ1) is 60.1. The molecule has 0 aromatic rings. The molecule has 3 atom stereocenters. The molecule has 0 saturated carbocycles. The second-order valence-electron chi connectivity index (χ2n) is 18.6. The summed E-state index contributed by atoms with van der Waals surface area (Å²) < 4.78 is 5.94. The van der Waals surface area contributed by atoms with Crippen LogP contribution in [0.25, 0.3) is 0 Å². The average molecular weight is 872 g/mol. The predicted octanol–water partition coefficient (Wildman–Crippen LogP) is 16.5. The van der Waals surface area contributed by atoms with E-state index >= 15 is 0 Å². The van der Waals surface area contributed by atoms with Crippen LogP contribution in [0.2, 0.25) is 0 Å². The second-order valence-corrected chi connectivity index (χ2v) is 18.6. The van der Waals surface area contributed by atoms with Crippen molar-refractivity contribution in [3.8, 4) is 0 Å². The summed E-state index contributed by atoms with van der Waals surface area (Å²) in [5, 5.41) is 23.8. The van der Waals surface area contributed by atoms with Gasteiger partial charge in [-0.1, -0.05) is 243 Å². The molecule has 0 aliphatic heterocycles.